The molecule has 0 aromatic heterocycles. The first kappa shape index (κ1) is 8.10. The normalized spacial score (nSPS) is 12.1. The number of rotatable bonds is 3. The van der Waals surface area contributed by atoms with Crippen molar-refractivity contribution in [1.29, 1.82) is 0 Å². The van der Waals surface area contributed by atoms with Crippen LogP contribution >= 0.6 is 0 Å². The zero-order valence-corrected chi connectivity index (χ0v) is 6.51. The van der Waals surface area contributed by atoms with Gasteiger partial charge in [0, 0.05) is 0 Å². The smallest absolute Gasteiger partial charge is 0.249 e. The Bertz CT molecular complexity index is 227. The maximum atomic E-state index is 11.0. The highest BCUT2D eigenvalue weighted by atomic mass is 32.2. The predicted octanol–water partition coefficient (Wildman–Crippen LogP) is 0.455. The third-order valence-electron chi connectivity index (χ3n) is 1.11. The third kappa shape index (κ3) is 2.25. The minimum Gasteiger partial charge on any atom is -0.588 e. The maximum absolute atomic E-state index is 11.0. The molecule has 0 aliphatic carbocycles. The van der Waals surface area contributed by atoms with Gasteiger partial charge in [0.05, 0.1) is 0 Å². The van der Waals surface area contributed by atoms with Gasteiger partial charge in [-0.2, -0.15) is 4.72 Å². The van der Waals surface area contributed by atoms with Gasteiger partial charge in [-0.25, -0.2) is 0 Å². The molecule has 1 unspecified atom stereocenters. The summed E-state index contributed by atoms with van der Waals surface area (Å²) in [4.78, 5) is 10.5. The van der Waals surface area contributed by atoms with E-state index in [0.717, 1.165) is 0 Å². The van der Waals surface area contributed by atoms with Gasteiger partial charge in [0.15, 0.2) is 4.90 Å². The molecular weight excluding hydrogens is 162 g/mol. The summed E-state index contributed by atoms with van der Waals surface area (Å²) in [5.74, 6) is 0. The second-order valence-corrected chi connectivity index (χ2v) is 3.06. The zero-order chi connectivity index (χ0) is 8.10. The lowest BCUT2D eigenvalue weighted by Gasteiger charge is -2.04. The molecule has 1 rings (SSSR count). The van der Waals surface area contributed by atoms with E-state index in [0.29, 0.717) is 11.3 Å². The van der Waals surface area contributed by atoms with Crippen LogP contribution < -0.4 is 4.72 Å². The number of hydrogen-bond acceptors (Lipinski definition) is 2. The number of hydrogen-bond donors (Lipinski definition) is 1. The topological polar surface area (TPSA) is 52.2 Å². The Balaban J connectivity index is 2.68. The fourth-order valence-electron chi connectivity index (χ4n) is 0.656. The lowest BCUT2D eigenvalue weighted by Crippen LogP contribution is -2.21. The highest BCUT2D eigenvalue weighted by molar-refractivity contribution is 7.90. The highest BCUT2D eigenvalue weighted by Gasteiger charge is 2.06. The molecule has 0 aliphatic heterocycles. The van der Waals surface area contributed by atoms with Gasteiger partial charge >= 0.3 is 0 Å². The molecule has 1 amide bonds. The van der Waals surface area contributed by atoms with Gasteiger partial charge in [-0.3, -0.25) is 4.79 Å². The summed E-state index contributed by atoms with van der Waals surface area (Å²) in [5.41, 5.74) is 0. The van der Waals surface area contributed by atoms with Crippen molar-refractivity contribution in [3.8, 4) is 0 Å². The van der Waals surface area contributed by atoms with E-state index < -0.39 is 11.4 Å². The van der Waals surface area contributed by atoms with Crippen LogP contribution in [-0.2, 0) is 16.2 Å². The van der Waals surface area contributed by atoms with Crippen molar-refractivity contribution in [3.05, 3.63) is 30.3 Å². The molecule has 3 nitrogen and oxygen atoms in total. The number of benzene rings is 1. The lowest BCUT2D eigenvalue weighted by atomic mass is 10.4. The van der Waals surface area contributed by atoms with E-state index in [4.69, 9.17) is 0 Å². The molecule has 1 N–H and O–H groups in total. The van der Waals surface area contributed by atoms with Crippen LogP contribution in [0.1, 0.15) is 0 Å². The van der Waals surface area contributed by atoms with Crippen molar-refractivity contribution in [3.63, 3.8) is 0 Å². The van der Waals surface area contributed by atoms with Crippen molar-refractivity contribution in [2.45, 2.75) is 4.90 Å². The molecule has 0 bridgehead atoms. The monoisotopic (exact) mass is 169 g/mol. The average Bonchev–Trinajstić information content (AvgIpc) is 2.07. The summed E-state index contributed by atoms with van der Waals surface area (Å²) in [6, 6.07) is 8.72. The van der Waals surface area contributed by atoms with Gasteiger partial charge in [0.2, 0.25) is 6.41 Å². The number of carbonyl (C=O) groups is 1. The van der Waals surface area contributed by atoms with E-state index >= 15 is 0 Å². The minimum atomic E-state index is -1.40. The zero-order valence-electron chi connectivity index (χ0n) is 5.69. The number of carbonyl (C=O) groups excluding carboxylic acids is 1. The summed E-state index contributed by atoms with van der Waals surface area (Å²) < 4.78 is 13.2. The second kappa shape index (κ2) is 4.00. The molecule has 0 saturated heterocycles. The van der Waals surface area contributed by atoms with Gasteiger partial charge in [-0.05, 0) is 12.1 Å². The van der Waals surface area contributed by atoms with Crippen molar-refractivity contribution in [2.75, 3.05) is 0 Å². The molecular formula is C7H7NO2S. The molecule has 0 aliphatic rings. The Kier molecular flexibility index (Phi) is 2.95. The Morgan fingerprint density at radius 1 is 1.36 bits per heavy atom. The summed E-state index contributed by atoms with van der Waals surface area (Å²) >= 11 is -1.40. The van der Waals surface area contributed by atoms with Gasteiger partial charge in [0.25, 0.3) is 0 Å². The van der Waals surface area contributed by atoms with Crippen molar-refractivity contribution in [2.24, 2.45) is 0 Å². The molecule has 0 saturated carbocycles. The molecule has 4 heteroatoms. The van der Waals surface area contributed by atoms with E-state index in [2.05, 4.69) is 4.72 Å². The van der Waals surface area contributed by atoms with Crippen molar-refractivity contribution >= 4 is 17.8 Å². The van der Waals surface area contributed by atoms with Crippen LogP contribution in [0.15, 0.2) is 35.2 Å². The van der Waals surface area contributed by atoms with Crippen LogP contribution in [0, 0.1) is 0 Å². The Labute approximate surface area is 67.7 Å². The first-order valence-electron chi connectivity index (χ1n) is 3.01. The third-order valence-corrected chi connectivity index (χ3v) is 2.12. The average molecular weight is 169 g/mol. The van der Waals surface area contributed by atoms with Crippen LogP contribution in [-0.4, -0.2) is 11.0 Å². The SMILES string of the molecule is O=CN[S+]([O-])c1ccccc1. The first-order valence-corrected chi connectivity index (χ1v) is 4.16. The second-order valence-electron chi connectivity index (χ2n) is 1.82. The molecule has 0 radical (unpaired) electrons. The van der Waals surface area contributed by atoms with Gasteiger partial charge < -0.3 is 4.55 Å². The molecule has 0 fully saturated rings. The molecule has 1 atom stereocenters. The van der Waals surface area contributed by atoms with Crippen LogP contribution in [0.25, 0.3) is 0 Å². The summed E-state index contributed by atoms with van der Waals surface area (Å²) in [6.45, 7) is 0. The van der Waals surface area contributed by atoms with Crippen LogP contribution in [0.5, 0.6) is 0 Å². The summed E-state index contributed by atoms with van der Waals surface area (Å²) in [7, 11) is 0. The molecule has 0 heterocycles. The van der Waals surface area contributed by atoms with E-state index in [1.165, 1.54) is 0 Å². The molecule has 58 valence electrons. The van der Waals surface area contributed by atoms with Gasteiger partial charge in [-0.15, -0.1) is 0 Å². The molecule has 1 aromatic carbocycles. The first-order chi connectivity index (χ1) is 5.34. The van der Waals surface area contributed by atoms with E-state index in [1.807, 2.05) is 6.07 Å². The summed E-state index contributed by atoms with van der Waals surface area (Å²) in [6.07, 6.45) is 0.420. The Morgan fingerprint density at radius 2 is 2.00 bits per heavy atom. The fraction of sp³-hybridized carbons (Fsp3) is 0. The van der Waals surface area contributed by atoms with Crippen molar-refractivity contribution in [1.82, 2.24) is 4.72 Å². The molecule has 0 spiro atoms. The standard InChI is InChI=1S/C7H7NO2S/c9-6-8-11(10)7-4-2-1-3-5-7/h1-6H,(H,8,9). The van der Waals surface area contributed by atoms with Gasteiger partial charge in [0.1, 0.15) is 11.4 Å². The largest absolute Gasteiger partial charge is 0.588 e. The molecule has 11 heavy (non-hydrogen) atoms. The van der Waals surface area contributed by atoms with Crippen LogP contribution in [0.3, 0.4) is 0 Å². The van der Waals surface area contributed by atoms with Crippen LogP contribution in [0.4, 0.5) is 0 Å². The minimum absolute atomic E-state index is 0.420. The quantitative estimate of drug-likeness (QED) is 0.527. The predicted molar refractivity (Wildman–Crippen MR) is 42.1 cm³/mol. The van der Waals surface area contributed by atoms with E-state index in [1.54, 1.807) is 24.3 Å². The number of amides is 1. The maximum Gasteiger partial charge on any atom is 0.249 e. The summed E-state index contributed by atoms with van der Waals surface area (Å²) in [5, 5.41) is 0. The van der Waals surface area contributed by atoms with E-state index in [9.17, 15) is 9.35 Å². The Hall–Kier alpha value is -1.00. The Morgan fingerprint density at radius 3 is 2.55 bits per heavy atom. The van der Waals surface area contributed by atoms with E-state index in [-0.39, 0.29) is 0 Å². The lowest BCUT2D eigenvalue weighted by molar-refractivity contribution is -0.108. The molecule has 1 aromatic rings. The van der Waals surface area contributed by atoms with Crippen molar-refractivity contribution < 1.29 is 9.35 Å². The number of nitrogens with one attached hydrogen (secondary N) is 1. The van der Waals surface area contributed by atoms with Gasteiger partial charge in [-0.1, -0.05) is 18.2 Å². The fourth-order valence-corrected chi connectivity index (χ4v) is 1.28. The van der Waals surface area contributed by atoms with Crippen LogP contribution in [0.2, 0.25) is 0 Å². The highest BCUT2D eigenvalue weighted by Crippen LogP contribution is 2.05.